The molecule has 0 saturated carbocycles. The minimum atomic E-state index is -1.15. The van der Waals surface area contributed by atoms with E-state index in [1.54, 1.807) is 0 Å². The summed E-state index contributed by atoms with van der Waals surface area (Å²) < 4.78 is 35.0. The molecule has 0 radical (unpaired) electrons. The lowest BCUT2D eigenvalue weighted by Gasteiger charge is -2.16. The van der Waals surface area contributed by atoms with Crippen LogP contribution in [0.1, 0.15) is 310 Å². The molecule has 0 aromatic heterocycles. The summed E-state index contributed by atoms with van der Waals surface area (Å²) in [5.41, 5.74) is 0. The highest BCUT2D eigenvalue weighted by atomic mass is 33.1. The average molecular weight is 1220 g/mol. The Balaban J connectivity index is 4.88. The van der Waals surface area contributed by atoms with Crippen LogP contribution >= 0.6 is 58.6 Å². The molecule has 0 aliphatic carbocycles. The number of esters is 4. The Bertz CT molecular complexity index is 1120. The molecule has 16 heteroatoms. The minimum absolute atomic E-state index is 0.203. The lowest BCUT2D eigenvalue weighted by atomic mass is 10.1. The molecule has 0 saturated heterocycles. The van der Waals surface area contributed by atoms with Gasteiger partial charge in [0.25, 0.3) is 0 Å². The van der Waals surface area contributed by atoms with Crippen molar-refractivity contribution in [2.75, 3.05) is 62.7 Å². The maximum absolute atomic E-state index is 12.7. The van der Waals surface area contributed by atoms with E-state index in [-0.39, 0.29) is 46.9 Å². The molecule has 0 aliphatic heterocycles. The molecule has 0 bridgehead atoms. The maximum Gasteiger partial charge on any atom is 0.316 e. The third-order valence-corrected chi connectivity index (χ3v) is 25.9. The fourth-order valence-corrected chi connectivity index (χ4v) is 18.9. The van der Waals surface area contributed by atoms with Crippen LogP contribution in [0.5, 0.6) is 0 Å². The van der Waals surface area contributed by atoms with Crippen molar-refractivity contribution in [2.45, 2.75) is 310 Å². The van der Waals surface area contributed by atoms with Crippen molar-refractivity contribution in [3.63, 3.8) is 0 Å². The highest BCUT2D eigenvalue weighted by molar-refractivity contribution is 8.87. The summed E-state index contributed by atoms with van der Waals surface area (Å²) in [5.74, 6) is -0.0957. The van der Waals surface area contributed by atoms with Gasteiger partial charge < -0.3 is 28.0 Å². The third-order valence-electron chi connectivity index (χ3n) is 13.6. The predicted octanol–water partition coefficient (Wildman–Crippen LogP) is 21.8. The van der Waals surface area contributed by atoms with Gasteiger partial charge in [-0.15, -0.1) is 0 Å². The van der Waals surface area contributed by atoms with E-state index in [0.717, 1.165) is 77.0 Å². The molecule has 0 aliphatic rings. The van der Waals surface area contributed by atoms with E-state index in [2.05, 4.69) is 27.7 Å². The molecule has 0 N–H and O–H groups in total. The highest BCUT2D eigenvalue weighted by Gasteiger charge is 2.19. The smallest absolute Gasteiger partial charge is 0.316 e. The summed E-state index contributed by atoms with van der Waals surface area (Å²) in [6.07, 6.45) is 52.9. The van der Waals surface area contributed by atoms with Crippen LogP contribution in [0.25, 0.3) is 0 Å². The molecule has 0 heterocycles. The molecule has 0 amide bonds. The van der Waals surface area contributed by atoms with Crippen LogP contribution in [-0.2, 0) is 47.2 Å². The first-order chi connectivity index (χ1) is 38.4. The topological polar surface area (TPSA) is 124 Å². The second kappa shape index (κ2) is 66.2. The van der Waals surface area contributed by atoms with Gasteiger partial charge in [0.05, 0.1) is 62.7 Å². The highest BCUT2D eigenvalue weighted by Crippen LogP contribution is 2.62. The normalized spacial score (nSPS) is 11.5. The lowest BCUT2D eigenvalue weighted by molar-refractivity contribution is -0.141. The van der Waals surface area contributed by atoms with Crippen molar-refractivity contribution in [1.29, 1.82) is 0 Å². The standard InChI is InChI=1S/C62H120O10P2S4/c1-5-9-13-17-21-25-29-33-37-43-49-67-59(63)55-75-73(76-56-60(64)68-50-44-38-34-30-26-22-18-14-10-6-2)71-53-47-41-42-48-54-72-74(77-57-61(65)69-51-45-39-35-31-27-23-19-15-11-7-3)78-58-62(66)70-52-46-40-36-32-28-24-20-16-12-8-4/h5-58H2,1-4H3. The minimum Gasteiger partial charge on any atom is -0.465 e. The molecule has 0 unspecified atom stereocenters. The molecule has 462 valence electrons. The molecule has 0 spiro atoms. The average Bonchev–Trinajstić information content (AvgIpc) is 3.44. The SMILES string of the molecule is CCCCCCCCCCCCOC(=O)CSP(OCCCCCCOP(SCC(=O)OCCCCCCCCCCCC)SCC(=O)OCCCCCCCCCCCC)SCC(=O)OCCCCCCCCCCCC. The molecule has 0 atom stereocenters. The van der Waals surface area contributed by atoms with Crippen molar-refractivity contribution < 1.29 is 47.2 Å². The summed E-state index contributed by atoms with van der Waals surface area (Å²) in [6, 6.07) is 0. The summed E-state index contributed by atoms with van der Waals surface area (Å²) in [5, 5.41) is 0. The van der Waals surface area contributed by atoms with Crippen LogP contribution in [0, 0.1) is 0 Å². The number of unbranched alkanes of at least 4 members (excludes halogenated alkanes) is 39. The van der Waals surface area contributed by atoms with Crippen LogP contribution in [0.15, 0.2) is 0 Å². The molecule has 0 rings (SSSR count). The molecule has 0 aromatic rings. The van der Waals surface area contributed by atoms with Crippen molar-refractivity contribution >= 4 is 82.5 Å². The van der Waals surface area contributed by atoms with Crippen molar-refractivity contribution in [1.82, 2.24) is 0 Å². The van der Waals surface area contributed by atoms with Crippen LogP contribution in [-0.4, -0.2) is 86.5 Å². The monoisotopic (exact) mass is 1210 g/mol. The molecule has 0 fully saturated rings. The van der Waals surface area contributed by atoms with Gasteiger partial charge in [0, 0.05) is 0 Å². The van der Waals surface area contributed by atoms with Gasteiger partial charge in [-0.1, -0.05) is 317 Å². The van der Waals surface area contributed by atoms with Crippen molar-refractivity contribution in [2.24, 2.45) is 0 Å². The van der Waals surface area contributed by atoms with Gasteiger partial charge in [0.15, 0.2) is 13.1 Å². The predicted molar refractivity (Wildman–Crippen MR) is 345 cm³/mol. The van der Waals surface area contributed by atoms with Gasteiger partial charge in [-0.25, -0.2) is 0 Å². The Morgan fingerprint density at radius 3 is 0.564 bits per heavy atom. The van der Waals surface area contributed by atoms with E-state index in [1.165, 1.54) is 251 Å². The van der Waals surface area contributed by atoms with E-state index in [4.69, 9.17) is 28.0 Å². The first-order valence-electron chi connectivity index (χ1n) is 32.4. The zero-order valence-electron chi connectivity index (χ0n) is 50.8. The Kier molecular flexibility index (Phi) is 66.3. The van der Waals surface area contributed by atoms with Crippen LogP contribution in [0.2, 0.25) is 0 Å². The number of hydrogen-bond donors (Lipinski definition) is 0. The third kappa shape index (κ3) is 62.1. The summed E-state index contributed by atoms with van der Waals surface area (Å²) in [4.78, 5) is 50.9. The fraction of sp³-hybridized carbons (Fsp3) is 0.935. The molecular weight excluding hydrogens is 1090 g/mol. The Morgan fingerprint density at radius 1 is 0.231 bits per heavy atom. The molecular formula is C62H120O10P2S4. The van der Waals surface area contributed by atoms with E-state index in [1.807, 2.05) is 0 Å². The fourth-order valence-electron chi connectivity index (χ4n) is 8.75. The number of rotatable bonds is 65. The maximum atomic E-state index is 12.7. The van der Waals surface area contributed by atoms with Gasteiger partial charge in [-0.3, -0.25) is 19.2 Å². The Labute approximate surface area is 499 Å². The molecule has 0 aromatic carbocycles. The first kappa shape index (κ1) is 78.1. The second-order valence-corrected chi connectivity index (χ2v) is 33.3. The van der Waals surface area contributed by atoms with E-state index >= 15 is 0 Å². The second-order valence-electron chi connectivity index (χ2n) is 21.2. The van der Waals surface area contributed by atoms with Crippen LogP contribution in [0.4, 0.5) is 0 Å². The summed E-state index contributed by atoms with van der Waals surface area (Å²) in [6.45, 7) is 9.60. The quantitative estimate of drug-likeness (QED) is 0.0248. The number of hydrogen-bond acceptors (Lipinski definition) is 14. The molecule has 78 heavy (non-hydrogen) atoms. The van der Waals surface area contributed by atoms with Crippen molar-refractivity contribution in [3.8, 4) is 0 Å². The Hall–Kier alpha value is 0.0600. The zero-order chi connectivity index (χ0) is 56.7. The van der Waals surface area contributed by atoms with Gasteiger partial charge >= 0.3 is 23.9 Å². The van der Waals surface area contributed by atoms with E-state index in [9.17, 15) is 19.2 Å². The molecule has 10 nitrogen and oxygen atoms in total. The Morgan fingerprint density at radius 2 is 0.385 bits per heavy atom. The van der Waals surface area contributed by atoms with Gasteiger partial charge in [0.1, 0.15) is 0 Å². The van der Waals surface area contributed by atoms with Gasteiger partial charge in [-0.05, 0) is 38.5 Å². The van der Waals surface area contributed by atoms with Gasteiger partial charge in [0.2, 0.25) is 0 Å². The zero-order valence-corrected chi connectivity index (χ0v) is 55.8. The van der Waals surface area contributed by atoms with Crippen molar-refractivity contribution in [3.05, 3.63) is 0 Å². The summed E-state index contributed by atoms with van der Waals surface area (Å²) >= 11 is 5.78. The number of ether oxygens (including phenoxy) is 4. The van der Waals surface area contributed by atoms with E-state index in [0.29, 0.717) is 39.6 Å². The van der Waals surface area contributed by atoms with Gasteiger partial charge in [-0.2, -0.15) is 0 Å². The van der Waals surface area contributed by atoms with E-state index < -0.39 is 13.1 Å². The lowest BCUT2D eigenvalue weighted by Crippen LogP contribution is -2.09. The van der Waals surface area contributed by atoms with Crippen LogP contribution < -0.4 is 0 Å². The number of carbonyl (C=O) groups excluding carboxylic acids is 4. The largest absolute Gasteiger partial charge is 0.465 e. The number of carbonyl (C=O) groups is 4. The summed E-state index contributed by atoms with van der Waals surface area (Å²) in [7, 11) is 0. The first-order valence-corrected chi connectivity index (χ1v) is 41.2. The van der Waals surface area contributed by atoms with Crippen LogP contribution in [0.3, 0.4) is 0 Å².